The van der Waals surface area contributed by atoms with Gasteiger partial charge in [0, 0.05) is 5.69 Å². The van der Waals surface area contributed by atoms with Gasteiger partial charge >= 0.3 is 5.97 Å². The summed E-state index contributed by atoms with van der Waals surface area (Å²) in [4.78, 5) is 27.4. The third kappa shape index (κ3) is 2.41. The Balaban J connectivity index is 1.64. The average molecular weight is 341 g/mol. The van der Waals surface area contributed by atoms with Gasteiger partial charge in [0.05, 0.1) is 24.7 Å². The molecule has 0 aliphatic carbocycles. The molecule has 2 fully saturated rings. The zero-order valence-corrected chi connectivity index (χ0v) is 14.8. The summed E-state index contributed by atoms with van der Waals surface area (Å²) in [6, 6.07) is 8.00. The highest BCUT2D eigenvalue weighted by atomic mass is 16.6. The second kappa shape index (κ2) is 5.70. The van der Waals surface area contributed by atoms with E-state index in [1.54, 1.807) is 4.90 Å². The molecule has 0 radical (unpaired) electrons. The lowest BCUT2D eigenvalue weighted by Crippen LogP contribution is -2.40. The molecule has 4 atom stereocenters. The van der Waals surface area contributed by atoms with Crippen molar-refractivity contribution in [2.45, 2.75) is 45.0 Å². The van der Waals surface area contributed by atoms with Gasteiger partial charge in [0.1, 0.15) is 11.5 Å². The highest BCUT2D eigenvalue weighted by Gasteiger charge is 2.67. The summed E-state index contributed by atoms with van der Waals surface area (Å²) < 4.78 is 11.5. The molecule has 2 bridgehead atoms. The SMILES string of the molecule is CCc1ccc(N2C[C@]34C=C[C@@H](O3)[C@H](C(=O)OC(C)C)[C@@H]4C2=O)cc1. The maximum Gasteiger partial charge on any atom is 0.313 e. The Morgan fingerprint density at radius 1 is 1.36 bits per heavy atom. The predicted molar refractivity (Wildman–Crippen MR) is 93.1 cm³/mol. The van der Waals surface area contributed by atoms with Crippen molar-refractivity contribution in [1.29, 1.82) is 0 Å². The monoisotopic (exact) mass is 341 g/mol. The quantitative estimate of drug-likeness (QED) is 0.624. The molecule has 0 aromatic heterocycles. The molecule has 1 spiro atoms. The van der Waals surface area contributed by atoms with E-state index in [2.05, 4.69) is 6.92 Å². The standard InChI is InChI=1S/C20H23NO4/c1-4-13-5-7-14(8-6-13)21-11-20-10-9-15(25-20)16(17(20)18(21)22)19(23)24-12(2)3/h5-10,12,15-17H,4,11H2,1-3H3/t15-,16+,17-,20+/m1/s1. The summed E-state index contributed by atoms with van der Waals surface area (Å²) >= 11 is 0. The van der Waals surface area contributed by atoms with E-state index >= 15 is 0 Å². The Labute approximate surface area is 147 Å². The third-order valence-corrected chi connectivity index (χ3v) is 5.38. The van der Waals surface area contributed by atoms with Gasteiger partial charge in [-0.25, -0.2) is 0 Å². The molecule has 4 rings (SSSR count). The van der Waals surface area contributed by atoms with Crippen LogP contribution < -0.4 is 4.90 Å². The van der Waals surface area contributed by atoms with Crippen LogP contribution in [0.2, 0.25) is 0 Å². The number of hydrogen-bond acceptors (Lipinski definition) is 4. The molecule has 132 valence electrons. The van der Waals surface area contributed by atoms with E-state index in [1.807, 2.05) is 50.3 Å². The number of esters is 1. The molecule has 3 aliphatic rings. The molecule has 5 nitrogen and oxygen atoms in total. The van der Waals surface area contributed by atoms with Crippen LogP contribution in [0.15, 0.2) is 36.4 Å². The second-order valence-corrected chi connectivity index (χ2v) is 7.33. The fraction of sp³-hybridized carbons (Fsp3) is 0.500. The fourth-order valence-electron chi connectivity index (χ4n) is 4.21. The van der Waals surface area contributed by atoms with Crippen LogP contribution in [-0.4, -0.2) is 36.2 Å². The van der Waals surface area contributed by atoms with E-state index in [1.165, 1.54) is 5.56 Å². The topological polar surface area (TPSA) is 55.8 Å². The molecule has 3 heterocycles. The Morgan fingerprint density at radius 3 is 2.72 bits per heavy atom. The molecular formula is C20H23NO4. The molecule has 1 amide bonds. The Kier molecular flexibility index (Phi) is 3.72. The average Bonchev–Trinajstić information content (AvgIpc) is 3.22. The molecule has 0 saturated carbocycles. The van der Waals surface area contributed by atoms with Gasteiger partial charge in [0.2, 0.25) is 5.91 Å². The Bertz CT molecular complexity index is 739. The summed E-state index contributed by atoms with van der Waals surface area (Å²) in [5, 5.41) is 0. The van der Waals surface area contributed by atoms with Crippen molar-refractivity contribution in [2.75, 3.05) is 11.4 Å². The largest absolute Gasteiger partial charge is 0.463 e. The number of fused-ring (bicyclic) bond motifs is 1. The van der Waals surface area contributed by atoms with Crippen molar-refractivity contribution < 1.29 is 19.1 Å². The van der Waals surface area contributed by atoms with Crippen molar-refractivity contribution >= 4 is 17.6 Å². The molecule has 0 unspecified atom stereocenters. The number of amides is 1. The number of carbonyl (C=O) groups is 2. The first kappa shape index (κ1) is 16.3. The number of benzene rings is 1. The summed E-state index contributed by atoms with van der Waals surface area (Å²) in [5.74, 6) is -1.45. The maximum atomic E-state index is 13.1. The van der Waals surface area contributed by atoms with Crippen LogP contribution in [0.3, 0.4) is 0 Å². The minimum Gasteiger partial charge on any atom is -0.463 e. The number of nitrogens with zero attached hydrogens (tertiary/aromatic N) is 1. The van der Waals surface area contributed by atoms with Crippen LogP contribution >= 0.6 is 0 Å². The van der Waals surface area contributed by atoms with E-state index in [0.717, 1.165) is 12.1 Å². The first-order valence-electron chi connectivity index (χ1n) is 8.93. The molecule has 1 aromatic carbocycles. The van der Waals surface area contributed by atoms with Gasteiger partial charge in [-0.1, -0.05) is 31.2 Å². The number of carbonyl (C=O) groups excluding carboxylic acids is 2. The first-order valence-corrected chi connectivity index (χ1v) is 8.93. The third-order valence-electron chi connectivity index (χ3n) is 5.38. The van der Waals surface area contributed by atoms with Crippen LogP contribution in [0.5, 0.6) is 0 Å². The van der Waals surface area contributed by atoms with Crippen LogP contribution in [0, 0.1) is 11.8 Å². The van der Waals surface area contributed by atoms with Gasteiger partial charge in [-0.3, -0.25) is 9.59 Å². The van der Waals surface area contributed by atoms with Crippen molar-refractivity contribution in [2.24, 2.45) is 11.8 Å². The Morgan fingerprint density at radius 2 is 2.08 bits per heavy atom. The fourth-order valence-corrected chi connectivity index (χ4v) is 4.21. The number of anilines is 1. The minimum absolute atomic E-state index is 0.0539. The lowest BCUT2D eigenvalue weighted by Gasteiger charge is -2.23. The lowest BCUT2D eigenvalue weighted by molar-refractivity contribution is -0.156. The van der Waals surface area contributed by atoms with E-state index in [4.69, 9.17) is 9.47 Å². The molecule has 0 N–H and O–H groups in total. The summed E-state index contributed by atoms with van der Waals surface area (Å²) in [5.41, 5.74) is 1.37. The number of ether oxygens (including phenoxy) is 2. The van der Waals surface area contributed by atoms with Crippen LogP contribution in [-0.2, 0) is 25.5 Å². The van der Waals surface area contributed by atoms with Crippen molar-refractivity contribution in [1.82, 2.24) is 0 Å². The van der Waals surface area contributed by atoms with E-state index in [9.17, 15) is 9.59 Å². The Hall–Kier alpha value is -2.14. The van der Waals surface area contributed by atoms with Gasteiger partial charge in [-0.15, -0.1) is 0 Å². The van der Waals surface area contributed by atoms with Gasteiger partial charge in [-0.05, 0) is 38.0 Å². The van der Waals surface area contributed by atoms with Gasteiger partial charge in [0.25, 0.3) is 0 Å². The molecule has 3 aliphatic heterocycles. The smallest absolute Gasteiger partial charge is 0.313 e. The molecule has 1 aromatic rings. The summed E-state index contributed by atoms with van der Waals surface area (Å²) in [6.07, 6.45) is 4.25. The first-order chi connectivity index (χ1) is 11.9. The number of rotatable bonds is 4. The van der Waals surface area contributed by atoms with Crippen LogP contribution in [0.1, 0.15) is 26.3 Å². The lowest BCUT2D eigenvalue weighted by atomic mass is 9.77. The van der Waals surface area contributed by atoms with Gasteiger partial charge < -0.3 is 14.4 Å². The molecule has 25 heavy (non-hydrogen) atoms. The molecular weight excluding hydrogens is 318 g/mol. The van der Waals surface area contributed by atoms with Crippen molar-refractivity contribution in [3.63, 3.8) is 0 Å². The van der Waals surface area contributed by atoms with Crippen LogP contribution in [0.4, 0.5) is 5.69 Å². The van der Waals surface area contributed by atoms with Gasteiger partial charge in [0.15, 0.2) is 0 Å². The van der Waals surface area contributed by atoms with Crippen molar-refractivity contribution in [3.8, 4) is 0 Å². The maximum absolute atomic E-state index is 13.1. The molecule has 2 saturated heterocycles. The number of aryl methyl sites for hydroxylation is 1. The number of hydrogen-bond donors (Lipinski definition) is 0. The van der Waals surface area contributed by atoms with Crippen LogP contribution in [0.25, 0.3) is 0 Å². The van der Waals surface area contributed by atoms with E-state index in [0.29, 0.717) is 6.54 Å². The normalized spacial score (nSPS) is 32.6. The van der Waals surface area contributed by atoms with Crippen molar-refractivity contribution in [3.05, 3.63) is 42.0 Å². The minimum atomic E-state index is -0.703. The zero-order chi connectivity index (χ0) is 17.8. The predicted octanol–water partition coefficient (Wildman–Crippen LogP) is 2.49. The highest BCUT2D eigenvalue weighted by Crippen LogP contribution is 2.52. The highest BCUT2D eigenvalue weighted by molar-refractivity contribution is 6.02. The summed E-state index contributed by atoms with van der Waals surface area (Å²) in [7, 11) is 0. The van der Waals surface area contributed by atoms with E-state index in [-0.39, 0.29) is 24.1 Å². The summed E-state index contributed by atoms with van der Waals surface area (Å²) in [6.45, 7) is 6.17. The molecule has 5 heteroatoms. The van der Waals surface area contributed by atoms with Gasteiger partial charge in [-0.2, -0.15) is 0 Å². The van der Waals surface area contributed by atoms with E-state index < -0.39 is 17.4 Å². The zero-order valence-electron chi connectivity index (χ0n) is 14.8. The second-order valence-electron chi connectivity index (χ2n) is 7.33.